The van der Waals surface area contributed by atoms with Gasteiger partial charge in [0.1, 0.15) is 5.75 Å². The van der Waals surface area contributed by atoms with Crippen LogP contribution in [0.25, 0.3) is 10.9 Å². The fourth-order valence-corrected chi connectivity index (χ4v) is 4.40. The molecule has 2 amide bonds. The van der Waals surface area contributed by atoms with Crippen molar-refractivity contribution in [1.29, 1.82) is 0 Å². The van der Waals surface area contributed by atoms with Crippen LogP contribution in [0, 0.1) is 0 Å². The van der Waals surface area contributed by atoms with E-state index in [-0.39, 0.29) is 24.3 Å². The summed E-state index contributed by atoms with van der Waals surface area (Å²) >= 11 is 0. The molecule has 0 bridgehead atoms. The molecule has 6 nitrogen and oxygen atoms in total. The molecule has 4 aromatic rings. The minimum atomic E-state index is -0.260. The molecule has 0 aliphatic heterocycles. The zero-order chi connectivity index (χ0) is 24.6. The number of aromatic nitrogens is 1. The van der Waals surface area contributed by atoms with E-state index in [9.17, 15) is 9.59 Å². The number of hydrogen-bond donors (Lipinski definition) is 2. The quantitative estimate of drug-likeness (QED) is 0.359. The Morgan fingerprint density at radius 2 is 1.66 bits per heavy atom. The van der Waals surface area contributed by atoms with Crippen LogP contribution >= 0.6 is 0 Å². The lowest BCUT2D eigenvalue weighted by atomic mass is 10.0. The molecule has 180 valence electrons. The molecule has 0 saturated carbocycles. The second-order valence-electron chi connectivity index (χ2n) is 8.70. The maximum Gasteiger partial charge on any atom is 0.224 e. The largest absolute Gasteiger partial charge is 0.496 e. The van der Waals surface area contributed by atoms with Crippen LogP contribution < -0.4 is 10.1 Å². The maximum atomic E-state index is 13.0. The van der Waals surface area contributed by atoms with E-state index in [1.807, 2.05) is 79.0 Å². The monoisotopic (exact) mass is 469 g/mol. The molecule has 1 aromatic heterocycles. The van der Waals surface area contributed by atoms with Gasteiger partial charge in [-0.05, 0) is 29.7 Å². The van der Waals surface area contributed by atoms with Crippen LogP contribution in [0.4, 0.5) is 0 Å². The first-order chi connectivity index (χ1) is 17.0. The Kier molecular flexibility index (Phi) is 7.83. The smallest absolute Gasteiger partial charge is 0.224 e. The molecule has 0 fully saturated rings. The summed E-state index contributed by atoms with van der Waals surface area (Å²) in [5, 5.41) is 4.31. The molecule has 1 unspecified atom stereocenters. The minimum absolute atomic E-state index is 0.0582. The predicted octanol–water partition coefficient (Wildman–Crippen LogP) is 4.50. The Morgan fingerprint density at radius 3 is 2.43 bits per heavy atom. The number of nitrogens with one attached hydrogen (secondary N) is 2. The molecule has 6 heteroatoms. The highest BCUT2D eigenvalue weighted by Gasteiger charge is 2.21. The lowest BCUT2D eigenvalue weighted by Gasteiger charge is -2.28. The van der Waals surface area contributed by atoms with Crippen molar-refractivity contribution in [2.75, 3.05) is 13.7 Å². The molecule has 2 N–H and O–H groups in total. The van der Waals surface area contributed by atoms with Crippen LogP contribution in [-0.2, 0) is 29.0 Å². The third-order valence-corrected chi connectivity index (χ3v) is 6.15. The second-order valence-corrected chi connectivity index (χ2v) is 8.70. The van der Waals surface area contributed by atoms with Gasteiger partial charge in [0.15, 0.2) is 0 Å². The number of rotatable bonds is 10. The number of carbonyl (C=O) groups is 2. The van der Waals surface area contributed by atoms with Crippen molar-refractivity contribution < 1.29 is 14.3 Å². The average Bonchev–Trinajstić information content (AvgIpc) is 3.27. The third-order valence-electron chi connectivity index (χ3n) is 6.15. The highest BCUT2D eigenvalue weighted by Crippen LogP contribution is 2.22. The van der Waals surface area contributed by atoms with E-state index in [0.717, 1.165) is 33.3 Å². The predicted molar refractivity (Wildman–Crippen MR) is 138 cm³/mol. The molecule has 1 heterocycles. The van der Waals surface area contributed by atoms with Crippen LogP contribution in [-0.4, -0.2) is 41.4 Å². The Labute approximate surface area is 205 Å². The summed E-state index contributed by atoms with van der Waals surface area (Å²) in [6.45, 7) is 2.34. The molecule has 4 rings (SSSR count). The van der Waals surface area contributed by atoms with Crippen molar-refractivity contribution in [3.63, 3.8) is 0 Å². The van der Waals surface area contributed by atoms with E-state index in [4.69, 9.17) is 4.74 Å². The Bertz CT molecular complexity index is 1280. The van der Waals surface area contributed by atoms with Crippen LogP contribution in [0.15, 0.2) is 85.1 Å². The van der Waals surface area contributed by atoms with Crippen LogP contribution in [0.1, 0.15) is 23.6 Å². The highest BCUT2D eigenvalue weighted by atomic mass is 16.5. The van der Waals surface area contributed by atoms with Crippen molar-refractivity contribution in [2.45, 2.75) is 32.4 Å². The third kappa shape index (κ3) is 6.29. The first-order valence-corrected chi connectivity index (χ1v) is 11.8. The maximum absolute atomic E-state index is 13.0. The normalized spacial score (nSPS) is 11.7. The molecule has 1 atom stereocenters. The van der Waals surface area contributed by atoms with Crippen molar-refractivity contribution >= 4 is 22.7 Å². The molecule has 0 aliphatic carbocycles. The molecule has 0 saturated heterocycles. The Morgan fingerprint density at radius 1 is 0.943 bits per heavy atom. The fraction of sp³-hybridized carbons (Fsp3) is 0.241. The number of amides is 2. The first kappa shape index (κ1) is 24.1. The van der Waals surface area contributed by atoms with Gasteiger partial charge < -0.3 is 19.9 Å². The number of ether oxygens (including phenoxy) is 1. The lowest BCUT2D eigenvalue weighted by Crippen LogP contribution is -2.46. The number of aromatic amines is 1. The second kappa shape index (κ2) is 11.4. The van der Waals surface area contributed by atoms with Gasteiger partial charge in [0, 0.05) is 42.7 Å². The summed E-state index contributed by atoms with van der Waals surface area (Å²) < 4.78 is 5.48. The van der Waals surface area contributed by atoms with Gasteiger partial charge in [-0.3, -0.25) is 9.59 Å². The molecular weight excluding hydrogens is 438 g/mol. The highest BCUT2D eigenvalue weighted by molar-refractivity contribution is 5.83. The van der Waals surface area contributed by atoms with Crippen LogP contribution in [0.3, 0.4) is 0 Å². The summed E-state index contributed by atoms with van der Waals surface area (Å²) in [5.41, 5.74) is 4.03. The number of para-hydroxylation sites is 2. The topological polar surface area (TPSA) is 74.4 Å². The van der Waals surface area contributed by atoms with Crippen LogP contribution in [0.2, 0.25) is 0 Å². The van der Waals surface area contributed by atoms with E-state index in [1.165, 1.54) is 0 Å². The molecule has 0 aliphatic rings. The van der Waals surface area contributed by atoms with Crippen molar-refractivity contribution in [3.8, 4) is 5.75 Å². The molecule has 35 heavy (non-hydrogen) atoms. The van der Waals surface area contributed by atoms with Gasteiger partial charge in [0.05, 0.1) is 19.6 Å². The number of fused-ring (bicyclic) bond motifs is 1. The average molecular weight is 470 g/mol. The summed E-state index contributed by atoms with van der Waals surface area (Å²) in [6.07, 6.45) is 2.87. The van der Waals surface area contributed by atoms with Crippen LogP contribution in [0.5, 0.6) is 5.75 Å². The van der Waals surface area contributed by atoms with E-state index < -0.39 is 0 Å². The lowest BCUT2D eigenvalue weighted by molar-refractivity contribution is -0.130. The number of benzene rings is 3. The minimum Gasteiger partial charge on any atom is -0.496 e. The first-order valence-electron chi connectivity index (χ1n) is 11.8. The van der Waals surface area contributed by atoms with Gasteiger partial charge in [-0.15, -0.1) is 0 Å². The standard InChI is InChI=1S/C29H31N3O3/c1-21(33)32(19-23-12-6-9-15-28(23)35-2)20-25(31-29(34)16-22-10-4-3-5-11-22)17-24-18-30-27-14-8-7-13-26(24)27/h3-15,18,25,30H,16-17,19-20H2,1-2H3,(H,31,34). The summed E-state index contributed by atoms with van der Waals surface area (Å²) in [4.78, 5) is 30.7. The molecule has 0 radical (unpaired) electrons. The van der Waals surface area contributed by atoms with E-state index >= 15 is 0 Å². The van der Waals surface area contributed by atoms with Gasteiger partial charge >= 0.3 is 0 Å². The Balaban J connectivity index is 1.56. The van der Waals surface area contributed by atoms with Gasteiger partial charge in [-0.2, -0.15) is 0 Å². The van der Waals surface area contributed by atoms with Crippen molar-refractivity contribution in [3.05, 3.63) is 102 Å². The van der Waals surface area contributed by atoms with E-state index in [2.05, 4.69) is 16.4 Å². The number of H-pyrrole nitrogens is 1. The SMILES string of the molecule is COc1ccccc1CN(CC(Cc1c[nH]c2ccccc12)NC(=O)Cc1ccccc1)C(C)=O. The van der Waals surface area contributed by atoms with Gasteiger partial charge in [-0.25, -0.2) is 0 Å². The van der Waals surface area contributed by atoms with Gasteiger partial charge in [-0.1, -0.05) is 66.7 Å². The number of carbonyl (C=O) groups excluding carboxylic acids is 2. The van der Waals surface area contributed by atoms with E-state index in [1.54, 1.807) is 18.9 Å². The number of nitrogens with zero attached hydrogens (tertiary/aromatic N) is 1. The Hall–Kier alpha value is -4.06. The molecule has 3 aromatic carbocycles. The van der Waals surface area contributed by atoms with E-state index in [0.29, 0.717) is 19.5 Å². The summed E-state index contributed by atoms with van der Waals surface area (Å²) in [7, 11) is 1.63. The summed E-state index contributed by atoms with van der Waals surface area (Å²) in [5.74, 6) is 0.610. The zero-order valence-electron chi connectivity index (χ0n) is 20.2. The zero-order valence-corrected chi connectivity index (χ0v) is 20.2. The van der Waals surface area contributed by atoms with Crippen molar-refractivity contribution in [1.82, 2.24) is 15.2 Å². The fourth-order valence-electron chi connectivity index (χ4n) is 4.40. The number of hydrogen-bond acceptors (Lipinski definition) is 3. The van der Waals surface area contributed by atoms with Crippen molar-refractivity contribution in [2.24, 2.45) is 0 Å². The molecular formula is C29H31N3O3. The number of methoxy groups -OCH3 is 1. The summed E-state index contributed by atoms with van der Waals surface area (Å²) in [6, 6.07) is 25.2. The molecule has 0 spiro atoms. The van der Waals surface area contributed by atoms with Gasteiger partial charge in [0.25, 0.3) is 0 Å². The van der Waals surface area contributed by atoms with Gasteiger partial charge in [0.2, 0.25) is 11.8 Å².